The van der Waals surface area contributed by atoms with E-state index in [1.165, 1.54) is 66.9 Å². The normalized spacial score (nSPS) is 10.4. The molecule has 208 valence electrons. The number of rotatable bonds is 10. The number of anilines is 1. The summed E-state index contributed by atoms with van der Waals surface area (Å²) in [5.41, 5.74) is 0.808. The molecule has 1 aromatic heterocycles. The molecule has 0 aliphatic rings. The minimum absolute atomic E-state index is 0.179. The fourth-order valence-corrected chi connectivity index (χ4v) is 4.03. The Labute approximate surface area is 230 Å². The van der Waals surface area contributed by atoms with Gasteiger partial charge in [-0.2, -0.15) is 0 Å². The van der Waals surface area contributed by atoms with Gasteiger partial charge in [0.15, 0.2) is 28.7 Å². The lowest BCUT2D eigenvalue weighted by atomic mass is 10.1. The molecule has 0 unspecified atom stereocenters. The third kappa shape index (κ3) is 5.48. The molecule has 1 heterocycles. The maximum Gasteiger partial charge on any atom is 0.343 e. The van der Waals surface area contributed by atoms with E-state index in [-0.39, 0.29) is 22.7 Å². The van der Waals surface area contributed by atoms with E-state index >= 15 is 0 Å². The molecule has 0 bridgehead atoms. The highest BCUT2D eigenvalue weighted by Gasteiger charge is 2.20. The van der Waals surface area contributed by atoms with Crippen molar-refractivity contribution in [1.82, 2.24) is 4.98 Å². The number of carbonyl (C=O) groups is 2. The Hall–Kier alpha value is -5.19. The highest BCUT2D eigenvalue weighted by molar-refractivity contribution is 6.05. The zero-order valence-electron chi connectivity index (χ0n) is 22.8. The number of hydrogen-bond donors (Lipinski definition) is 1. The summed E-state index contributed by atoms with van der Waals surface area (Å²) in [6.45, 7) is 0. The van der Waals surface area contributed by atoms with Crippen LogP contribution in [0.2, 0.25) is 0 Å². The summed E-state index contributed by atoms with van der Waals surface area (Å²) in [5.74, 6) is 1.30. The first kappa shape index (κ1) is 27.8. The Balaban J connectivity index is 1.64. The van der Waals surface area contributed by atoms with E-state index in [1.54, 1.807) is 24.3 Å². The highest BCUT2D eigenvalue weighted by Crippen LogP contribution is 2.39. The van der Waals surface area contributed by atoms with Crippen LogP contribution in [-0.2, 0) is 0 Å². The van der Waals surface area contributed by atoms with Crippen LogP contribution < -0.4 is 38.5 Å². The molecular formula is C29H28N2O9. The minimum atomic E-state index is -0.666. The Kier molecular flexibility index (Phi) is 8.43. The lowest BCUT2D eigenvalue weighted by Gasteiger charge is -2.15. The predicted octanol–water partition coefficient (Wildman–Crippen LogP) is 4.76. The molecular weight excluding hydrogens is 520 g/mol. The molecule has 4 aromatic rings. The molecule has 3 aromatic carbocycles. The number of esters is 1. The number of benzene rings is 3. The summed E-state index contributed by atoms with van der Waals surface area (Å²) in [6.07, 6.45) is 0. The van der Waals surface area contributed by atoms with E-state index in [4.69, 9.17) is 33.2 Å². The van der Waals surface area contributed by atoms with Gasteiger partial charge in [-0.15, -0.1) is 0 Å². The molecule has 0 radical (unpaired) electrons. The van der Waals surface area contributed by atoms with Crippen molar-refractivity contribution in [2.24, 2.45) is 0 Å². The van der Waals surface area contributed by atoms with Crippen molar-refractivity contribution in [1.29, 1.82) is 0 Å². The lowest BCUT2D eigenvalue weighted by molar-refractivity contribution is 0.0735. The van der Waals surface area contributed by atoms with E-state index in [9.17, 15) is 9.59 Å². The van der Waals surface area contributed by atoms with E-state index < -0.39 is 11.9 Å². The number of pyridine rings is 1. The predicted molar refractivity (Wildman–Crippen MR) is 147 cm³/mol. The molecule has 0 spiro atoms. The maximum atomic E-state index is 13.1. The first-order valence-electron chi connectivity index (χ1n) is 11.9. The fraction of sp³-hybridized carbons (Fsp3) is 0.207. The standard InChI is InChI=1S/C29H28N2O9/c1-34-20-12-17(13-21(35-2)26(20)38-5)28(32)31-24-11-10-16-8-7-9-19(25(16)30-24)40-29(33)18-14-22(36-3)27(39-6)23(15-18)37-4/h7-15H,1-6H3,(H,30,31,32). The molecule has 0 saturated heterocycles. The Morgan fingerprint density at radius 3 is 1.65 bits per heavy atom. The number of hydrogen-bond acceptors (Lipinski definition) is 10. The van der Waals surface area contributed by atoms with E-state index in [0.717, 1.165) is 0 Å². The second-order valence-electron chi connectivity index (χ2n) is 8.20. The third-order valence-electron chi connectivity index (χ3n) is 5.95. The van der Waals surface area contributed by atoms with Crippen LogP contribution in [0, 0.1) is 0 Å². The van der Waals surface area contributed by atoms with Crippen LogP contribution >= 0.6 is 0 Å². The first-order chi connectivity index (χ1) is 19.4. The zero-order valence-corrected chi connectivity index (χ0v) is 22.8. The van der Waals surface area contributed by atoms with Crippen LogP contribution in [0.4, 0.5) is 5.82 Å². The quantitative estimate of drug-likeness (QED) is 0.219. The zero-order chi connectivity index (χ0) is 28.8. The first-order valence-corrected chi connectivity index (χ1v) is 11.9. The third-order valence-corrected chi connectivity index (χ3v) is 5.95. The van der Waals surface area contributed by atoms with Gasteiger partial charge in [0.05, 0.1) is 48.2 Å². The number of ether oxygens (including phenoxy) is 7. The molecule has 4 rings (SSSR count). The van der Waals surface area contributed by atoms with Gasteiger partial charge in [-0.25, -0.2) is 9.78 Å². The van der Waals surface area contributed by atoms with Gasteiger partial charge >= 0.3 is 5.97 Å². The molecule has 0 saturated carbocycles. The topological polar surface area (TPSA) is 124 Å². The smallest absolute Gasteiger partial charge is 0.343 e. The Morgan fingerprint density at radius 1 is 0.625 bits per heavy atom. The second-order valence-corrected chi connectivity index (χ2v) is 8.20. The van der Waals surface area contributed by atoms with Crippen molar-refractivity contribution in [2.45, 2.75) is 0 Å². The fourth-order valence-electron chi connectivity index (χ4n) is 4.03. The van der Waals surface area contributed by atoms with E-state index in [1.807, 2.05) is 6.07 Å². The van der Waals surface area contributed by atoms with Gasteiger partial charge in [-0.1, -0.05) is 12.1 Å². The van der Waals surface area contributed by atoms with Gasteiger partial charge in [0.1, 0.15) is 11.3 Å². The molecule has 40 heavy (non-hydrogen) atoms. The van der Waals surface area contributed by atoms with Crippen LogP contribution in [0.25, 0.3) is 10.9 Å². The Bertz CT molecular complexity index is 1520. The van der Waals surface area contributed by atoms with Gasteiger partial charge in [-0.3, -0.25) is 4.79 Å². The molecule has 0 fully saturated rings. The van der Waals surface area contributed by atoms with Gasteiger partial charge in [0.2, 0.25) is 11.5 Å². The number of methoxy groups -OCH3 is 6. The number of para-hydroxylation sites is 1. The lowest BCUT2D eigenvalue weighted by Crippen LogP contribution is -2.14. The molecule has 1 N–H and O–H groups in total. The van der Waals surface area contributed by atoms with Crippen molar-refractivity contribution in [2.75, 3.05) is 48.0 Å². The average Bonchev–Trinajstić information content (AvgIpc) is 2.99. The average molecular weight is 549 g/mol. The van der Waals surface area contributed by atoms with Crippen molar-refractivity contribution < 1.29 is 42.7 Å². The van der Waals surface area contributed by atoms with Crippen molar-refractivity contribution in [3.05, 3.63) is 65.7 Å². The largest absolute Gasteiger partial charge is 0.493 e. The molecule has 0 atom stereocenters. The number of fused-ring (bicyclic) bond motifs is 1. The van der Waals surface area contributed by atoms with Gasteiger partial charge < -0.3 is 38.5 Å². The van der Waals surface area contributed by atoms with Crippen LogP contribution in [0.1, 0.15) is 20.7 Å². The number of nitrogens with zero attached hydrogens (tertiary/aromatic N) is 1. The van der Waals surface area contributed by atoms with Gasteiger partial charge in [0.25, 0.3) is 5.91 Å². The summed E-state index contributed by atoms with van der Waals surface area (Å²) in [5, 5.41) is 3.45. The monoisotopic (exact) mass is 548 g/mol. The summed E-state index contributed by atoms with van der Waals surface area (Å²) in [6, 6.07) is 14.6. The van der Waals surface area contributed by atoms with E-state index in [2.05, 4.69) is 10.3 Å². The second kappa shape index (κ2) is 12.1. The molecule has 11 nitrogen and oxygen atoms in total. The molecule has 0 aliphatic heterocycles. The summed E-state index contributed by atoms with van der Waals surface area (Å²) in [7, 11) is 8.78. The summed E-state index contributed by atoms with van der Waals surface area (Å²) < 4.78 is 37.7. The van der Waals surface area contributed by atoms with Gasteiger partial charge in [-0.05, 0) is 42.5 Å². The maximum absolute atomic E-state index is 13.1. The van der Waals surface area contributed by atoms with Crippen LogP contribution in [-0.4, -0.2) is 59.5 Å². The number of amides is 1. The molecule has 11 heteroatoms. The molecule has 1 amide bonds. The number of carbonyl (C=O) groups excluding carboxylic acids is 2. The van der Waals surface area contributed by atoms with Crippen LogP contribution in [0.15, 0.2) is 54.6 Å². The van der Waals surface area contributed by atoms with Crippen molar-refractivity contribution in [3.8, 4) is 40.2 Å². The summed E-state index contributed by atoms with van der Waals surface area (Å²) >= 11 is 0. The van der Waals surface area contributed by atoms with Crippen LogP contribution in [0.3, 0.4) is 0 Å². The summed E-state index contributed by atoms with van der Waals surface area (Å²) in [4.78, 5) is 30.7. The SMILES string of the molecule is COc1cc(C(=O)Nc2ccc3cccc(OC(=O)c4cc(OC)c(OC)c(OC)c4)c3n2)cc(OC)c1OC. The van der Waals surface area contributed by atoms with Crippen LogP contribution in [0.5, 0.6) is 40.2 Å². The number of nitrogens with one attached hydrogen (secondary N) is 1. The Morgan fingerprint density at radius 2 is 1.15 bits per heavy atom. The molecule has 0 aliphatic carbocycles. The number of aromatic nitrogens is 1. The highest BCUT2D eigenvalue weighted by atomic mass is 16.5. The van der Waals surface area contributed by atoms with E-state index in [0.29, 0.717) is 45.4 Å². The van der Waals surface area contributed by atoms with Crippen molar-refractivity contribution in [3.63, 3.8) is 0 Å². The minimum Gasteiger partial charge on any atom is -0.493 e. The van der Waals surface area contributed by atoms with Gasteiger partial charge in [0, 0.05) is 10.9 Å². The van der Waals surface area contributed by atoms with Crippen molar-refractivity contribution >= 4 is 28.6 Å².